The highest BCUT2D eigenvalue weighted by Gasteiger charge is 2.07. The molecule has 2 aromatic rings. The number of carbonyl (C=O) groups is 1. The first-order valence-corrected chi connectivity index (χ1v) is 4.62. The zero-order valence-electron chi connectivity index (χ0n) is 7.10. The van der Waals surface area contributed by atoms with E-state index in [1.807, 2.05) is 0 Å². The summed E-state index contributed by atoms with van der Waals surface area (Å²) in [4.78, 5) is 11.4. The first-order chi connectivity index (χ1) is 6.86. The molecule has 2 heterocycles. The minimum absolute atomic E-state index is 0.222. The molecule has 0 atom stereocenters. The molecule has 0 fully saturated rings. The Labute approximate surface area is 83.7 Å². The molecule has 2 N–H and O–H groups in total. The number of hydrogen-bond donors (Lipinski definition) is 2. The predicted molar refractivity (Wildman–Crippen MR) is 49.7 cm³/mol. The maximum Gasteiger partial charge on any atom is 0.272 e. The zero-order valence-corrected chi connectivity index (χ0v) is 7.91. The van der Waals surface area contributed by atoms with Crippen molar-refractivity contribution in [3.8, 4) is 0 Å². The van der Waals surface area contributed by atoms with Crippen LogP contribution in [-0.2, 0) is 6.54 Å². The van der Waals surface area contributed by atoms with Gasteiger partial charge in [0.1, 0.15) is 0 Å². The predicted octanol–water partition coefficient (Wildman–Crippen LogP) is 0.191. The van der Waals surface area contributed by atoms with Crippen LogP contribution in [0.5, 0.6) is 0 Å². The number of rotatable bonds is 3. The van der Waals surface area contributed by atoms with Crippen LogP contribution < -0.4 is 5.32 Å². The van der Waals surface area contributed by atoms with Crippen LogP contribution in [0.4, 0.5) is 0 Å². The van der Waals surface area contributed by atoms with Gasteiger partial charge in [0.15, 0.2) is 5.69 Å². The van der Waals surface area contributed by atoms with Gasteiger partial charge in [0, 0.05) is 18.3 Å². The molecule has 7 heteroatoms. The molecule has 0 bridgehead atoms. The Kier molecular flexibility index (Phi) is 2.50. The van der Waals surface area contributed by atoms with Gasteiger partial charge in [0.05, 0.1) is 24.1 Å². The Bertz CT molecular complexity index is 396. The van der Waals surface area contributed by atoms with E-state index in [1.54, 1.807) is 12.4 Å². The van der Waals surface area contributed by atoms with Crippen molar-refractivity contribution < 1.29 is 4.79 Å². The molecule has 0 saturated heterocycles. The van der Waals surface area contributed by atoms with E-state index in [-0.39, 0.29) is 5.91 Å². The summed E-state index contributed by atoms with van der Waals surface area (Å²) in [5.74, 6) is -0.222. The van der Waals surface area contributed by atoms with Crippen molar-refractivity contribution in [3.63, 3.8) is 0 Å². The zero-order chi connectivity index (χ0) is 9.80. The molecule has 2 rings (SSSR count). The van der Waals surface area contributed by atoms with Crippen molar-refractivity contribution in [2.75, 3.05) is 0 Å². The number of amides is 1. The smallest absolute Gasteiger partial charge is 0.272 e. The van der Waals surface area contributed by atoms with Crippen LogP contribution in [0.25, 0.3) is 0 Å². The Balaban J connectivity index is 1.90. The van der Waals surface area contributed by atoms with Crippen LogP contribution in [0, 0.1) is 0 Å². The van der Waals surface area contributed by atoms with Crippen molar-refractivity contribution in [2.24, 2.45) is 0 Å². The summed E-state index contributed by atoms with van der Waals surface area (Å²) >= 11 is 1.01. The molecule has 0 saturated carbocycles. The van der Waals surface area contributed by atoms with Gasteiger partial charge < -0.3 is 5.32 Å². The average Bonchev–Trinajstić information content (AvgIpc) is 2.87. The van der Waals surface area contributed by atoms with Gasteiger partial charge in [-0.3, -0.25) is 9.89 Å². The third kappa shape index (κ3) is 1.94. The largest absolute Gasteiger partial charge is 0.346 e. The molecule has 1 amide bonds. The fourth-order valence-corrected chi connectivity index (χ4v) is 1.32. The van der Waals surface area contributed by atoms with E-state index in [1.165, 1.54) is 6.20 Å². The highest BCUT2D eigenvalue weighted by molar-refractivity contribution is 6.99. The summed E-state index contributed by atoms with van der Waals surface area (Å²) in [6.45, 7) is 0.437. The summed E-state index contributed by atoms with van der Waals surface area (Å²) in [6, 6.07) is 0. The lowest BCUT2D eigenvalue weighted by molar-refractivity contribution is 0.0947. The van der Waals surface area contributed by atoms with E-state index in [2.05, 4.69) is 24.3 Å². The van der Waals surface area contributed by atoms with Crippen molar-refractivity contribution in [1.82, 2.24) is 24.3 Å². The minimum atomic E-state index is -0.222. The normalized spacial score (nSPS) is 10.0. The second kappa shape index (κ2) is 3.97. The summed E-state index contributed by atoms with van der Waals surface area (Å²) in [7, 11) is 0. The molecule has 6 nitrogen and oxygen atoms in total. The van der Waals surface area contributed by atoms with E-state index < -0.39 is 0 Å². The molecule has 0 aliphatic heterocycles. The summed E-state index contributed by atoms with van der Waals surface area (Å²) < 4.78 is 7.55. The Morgan fingerprint density at radius 2 is 2.50 bits per heavy atom. The molecule has 72 valence electrons. The third-order valence-electron chi connectivity index (χ3n) is 1.60. The van der Waals surface area contributed by atoms with Crippen LogP contribution in [0.15, 0.2) is 18.6 Å². The summed E-state index contributed by atoms with van der Waals surface area (Å²) in [6.07, 6.45) is 4.81. The average molecular weight is 209 g/mol. The molecular formula is C7H7N5OS. The van der Waals surface area contributed by atoms with Crippen molar-refractivity contribution in [1.29, 1.82) is 0 Å². The Morgan fingerprint density at radius 1 is 1.57 bits per heavy atom. The molecule has 14 heavy (non-hydrogen) atoms. The van der Waals surface area contributed by atoms with E-state index in [9.17, 15) is 4.79 Å². The number of nitrogens with zero attached hydrogens (tertiary/aromatic N) is 3. The third-order valence-corrected chi connectivity index (χ3v) is 2.08. The topological polar surface area (TPSA) is 83.6 Å². The van der Waals surface area contributed by atoms with E-state index in [0.29, 0.717) is 12.2 Å². The van der Waals surface area contributed by atoms with Gasteiger partial charge in [-0.1, -0.05) is 0 Å². The Morgan fingerprint density at radius 3 is 3.14 bits per heavy atom. The van der Waals surface area contributed by atoms with Crippen LogP contribution in [-0.4, -0.2) is 24.9 Å². The van der Waals surface area contributed by atoms with Crippen LogP contribution >= 0.6 is 11.7 Å². The monoisotopic (exact) mass is 209 g/mol. The van der Waals surface area contributed by atoms with Gasteiger partial charge in [-0.15, -0.1) is 0 Å². The van der Waals surface area contributed by atoms with Gasteiger partial charge in [0.2, 0.25) is 0 Å². The molecule has 0 spiro atoms. The van der Waals surface area contributed by atoms with Crippen molar-refractivity contribution in [3.05, 3.63) is 29.8 Å². The summed E-state index contributed by atoms with van der Waals surface area (Å²) in [5, 5.41) is 9.11. The summed E-state index contributed by atoms with van der Waals surface area (Å²) in [5.41, 5.74) is 1.26. The van der Waals surface area contributed by atoms with Crippen LogP contribution in [0.3, 0.4) is 0 Å². The second-order valence-electron chi connectivity index (χ2n) is 2.58. The van der Waals surface area contributed by atoms with Crippen molar-refractivity contribution >= 4 is 17.6 Å². The second-order valence-corrected chi connectivity index (χ2v) is 3.14. The van der Waals surface area contributed by atoms with Gasteiger partial charge in [-0.25, -0.2) is 0 Å². The number of carbonyl (C=O) groups excluding carboxylic acids is 1. The van der Waals surface area contributed by atoms with E-state index >= 15 is 0 Å². The van der Waals surface area contributed by atoms with E-state index in [0.717, 1.165) is 17.3 Å². The van der Waals surface area contributed by atoms with Gasteiger partial charge >= 0.3 is 0 Å². The molecule has 0 radical (unpaired) electrons. The number of hydrogen-bond acceptors (Lipinski definition) is 5. The number of nitrogens with one attached hydrogen (secondary N) is 2. The standard InChI is InChI=1S/C7H7N5OS/c13-7(6-4-11-14-12-6)8-1-5-2-9-10-3-5/h2-4H,1H2,(H,8,13)(H,9,10). The maximum absolute atomic E-state index is 11.4. The molecule has 0 aromatic carbocycles. The lowest BCUT2D eigenvalue weighted by Gasteiger charge is -1.98. The minimum Gasteiger partial charge on any atom is -0.346 e. The van der Waals surface area contributed by atoms with Crippen molar-refractivity contribution in [2.45, 2.75) is 6.54 Å². The fraction of sp³-hybridized carbons (Fsp3) is 0.143. The highest BCUT2D eigenvalue weighted by Crippen LogP contribution is 1.97. The maximum atomic E-state index is 11.4. The van der Waals surface area contributed by atoms with Crippen LogP contribution in [0.1, 0.15) is 16.1 Å². The molecule has 0 unspecified atom stereocenters. The van der Waals surface area contributed by atoms with Gasteiger partial charge in [-0.05, 0) is 0 Å². The molecular weight excluding hydrogens is 202 g/mol. The number of H-pyrrole nitrogens is 1. The SMILES string of the molecule is O=C(NCc1cn[nH]c1)c1cnsn1. The molecule has 0 aliphatic rings. The lowest BCUT2D eigenvalue weighted by Crippen LogP contribution is -2.22. The quantitative estimate of drug-likeness (QED) is 0.755. The van der Waals surface area contributed by atoms with Gasteiger partial charge in [-0.2, -0.15) is 13.8 Å². The first-order valence-electron chi connectivity index (χ1n) is 3.89. The lowest BCUT2D eigenvalue weighted by atomic mass is 10.3. The molecule has 0 aliphatic carbocycles. The Hall–Kier alpha value is -1.76. The number of aromatic nitrogens is 4. The molecule has 2 aromatic heterocycles. The van der Waals surface area contributed by atoms with Crippen LogP contribution in [0.2, 0.25) is 0 Å². The highest BCUT2D eigenvalue weighted by atomic mass is 32.1. The van der Waals surface area contributed by atoms with E-state index in [4.69, 9.17) is 0 Å². The number of aromatic amines is 1. The first kappa shape index (κ1) is 8.82. The van der Waals surface area contributed by atoms with Gasteiger partial charge in [0.25, 0.3) is 5.91 Å². The fourth-order valence-electron chi connectivity index (χ4n) is 0.912.